The predicted octanol–water partition coefficient (Wildman–Crippen LogP) is 0.957. The Bertz CT molecular complexity index is 307. The molecule has 4 nitrogen and oxygen atoms in total. The van der Waals surface area contributed by atoms with Crippen LogP contribution in [0.2, 0.25) is 0 Å². The van der Waals surface area contributed by atoms with Gasteiger partial charge in [-0.3, -0.25) is 9.48 Å². The molecule has 1 unspecified atom stereocenters. The number of aryl methyl sites for hydroxylation is 1. The van der Waals surface area contributed by atoms with Crippen LogP contribution in [-0.2, 0) is 23.0 Å². The summed E-state index contributed by atoms with van der Waals surface area (Å²) in [6.07, 6.45) is 2.68. The summed E-state index contributed by atoms with van der Waals surface area (Å²) < 4.78 is 6.71. The van der Waals surface area contributed by atoms with Crippen LogP contribution in [0.1, 0.15) is 19.0 Å². The number of carbonyl (C=O) groups is 1. The highest BCUT2D eigenvalue weighted by molar-refractivity contribution is 5.80. The lowest BCUT2D eigenvalue weighted by molar-refractivity contribution is -0.120. The third-order valence-corrected chi connectivity index (χ3v) is 2.06. The summed E-state index contributed by atoms with van der Waals surface area (Å²) in [7, 11) is 3.45. The number of aromatic nitrogens is 2. The van der Waals surface area contributed by atoms with Crippen molar-refractivity contribution in [3.05, 3.63) is 18.0 Å². The van der Waals surface area contributed by atoms with Crippen LogP contribution < -0.4 is 0 Å². The molecule has 1 aromatic rings. The topological polar surface area (TPSA) is 44.1 Å². The number of hydrogen-bond acceptors (Lipinski definition) is 3. The number of Topliss-reactive ketones (excluding diaryl/α,β-unsaturated/α-hetero) is 1. The molecule has 0 aromatic carbocycles. The van der Waals surface area contributed by atoms with Gasteiger partial charge in [-0.15, -0.1) is 0 Å². The molecule has 1 atom stereocenters. The molecule has 4 heteroatoms. The molecule has 0 saturated heterocycles. The van der Waals surface area contributed by atoms with Gasteiger partial charge in [0.1, 0.15) is 5.78 Å². The van der Waals surface area contributed by atoms with Crippen LogP contribution in [0.4, 0.5) is 0 Å². The van der Waals surface area contributed by atoms with Crippen molar-refractivity contribution in [2.24, 2.45) is 7.05 Å². The van der Waals surface area contributed by atoms with Crippen molar-refractivity contribution >= 4 is 5.78 Å². The number of methoxy groups -OCH3 is 1. The Morgan fingerprint density at radius 1 is 1.71 bits per heavy atom. The van der Waals surface area contributed by atoms with E-state index in [-0.39, 0.29) is 11.9 Å². The summed E-state index contributed by atoms with van der Waals surface area (Å²) in [6.45, 7) is 1.89. The van der Waals surface area contributed by atoms with Gasteiger partial charge >= 0.3 is 0 Å². The number of hydrogen-bond donors (Lipinski definition) is 0. The fourth-order valence-corrected chi connectivity index (χ4v) is 1.24. The van der Waals surface area contributed by atoms with E-state index in [1.807, 2.05) is 26.2 Å². The van der Waals surface area contributed by atoms with Crippen molar-refractivity contribution in [1.82, 2.24) is 9.78 Å². The quantitative estimate of drug-likeness (QED) is 0.704. The summed E-state index contributed by atoms with van der Waals surface area (Å²) in [5.41, 5.74) is 0.820. The first kappa shape index (κ1) is 10.9. The van der Waals surface area contributed by atoms with Crippen molar-refractivity contribution < 1.29 is 9.53 Å². The monoisotopic (exact) mass is 196 g/mol. The summed E-state index contributed by atoms with van der Waals surface area (Å²) in [5, 5.41) is 4.14. The zero-order valence-electron chi connectivity index (χ0n) is 8.86. The van der Waals surface area contributed by atoms with Crippen molar-refractivity contribution in [1.29, 1.82) is 0 Å². The average Bonchev–Trinajstić information content (AvgIpc) is 2.50. The number of ketones is 1. The average molecular weight is 196 g/mol. The Morgan fingerprint density at radius 2 is 2.43 bits per heavy atom. The summed E-state index contributed by atoms with van der Waals surface area (Å²) >= 11 is 0. The van der Waals surface area contributed by atoms with E-state index in [0.29, 0.717) is 12.8 Å². The molecular formula is C10H16N2O2. The van der Waals surface area contributed by atoms with E-state index in [2.05, 4.69) is 5.10 Å². The Hall–Kier alpha value is -1.16. The second-order valence-electron chi connectivity index (χ2n) is 3.45. The van der Waals surface area contributed by atoms with E-state index in [1.165, 1.54) is 0 Å². The van der Waals surface area contributed by atoms with Gasteiger partial charge < -0.3 is 4.74 Å². The Morgan fingerprint density at radius 3 is 2.93 bits per heavy atom. The van der Waals surface area contributed by atoms with E-state index in [1.54, 1.807) is 11.8 Å². The molecule has 1 heterocycles. The maximum absolute atomic E-state index is 11.5. The fraction of sp³-hybridized carbons (Fsp3) is 0.600. The Balaban J connectivity index is 2.41. The van der Waals surface area contributed by atoms with Gasteiger partial charge in [0.15, 0.2) is 0 Å². The van der Waals surface area contributed by atoms with Gasteiger partial charge in [0.25, 0.3) is 0 Å². The molecule has 0 saturated carbocycles. The van der Waals surface area contributed by atoms with E-state index in [9.17, 15) is 4.79 Å². The summed E-state index contributed by atoms with van der Waals surface area (Å²) in [5.74, 6) is 0.165. The molecule has 0 radical (unpaired) electrons. The lowest BCUT2D eigenvalue weighted by Crippen LogP contribution is -2.14. The highest BCUT2D eigenvalue weighted by Gasteiger charge is 2.10. The predicted molar refractivity (Wildman–Crippen MR) is 53.0 cm³/mol. The van der Waals surface area contributed by atoms with Crippen LogP contribution in [0.15, 0.2) is 12.3 Å². The second kappa shape index (κ2) is 4.91. The first-order valence-electron chi connectivity index (χ1n) is 4.65. The highest BCUT2D eigenvalue weighted by atomic mass is 16.5. The molecule has 0 aliphatic heterocycles. The van der Waals surface area contributed by atoms with Crippen molar-refractivity contribution in [2.75, 3.05) is 7.11 Å². The van der Waals surface area contributed by atoms with Crippen LogP contribution in [0.5, 0.6) is 0 Å². The van der Waals surface area contributed by atoms with Gasteiger partial charge in [-0.2, -0.15) is 5.10 Å². The zero-order valence-corrected chi connectivity index (χ0v) is 8.86. The van der Waals surface area contributed by atoms with Gasteiger partial charge in [0.05, 0.1) is 18.2 Å². The molecule has 0 spiro atoms. The number of nitrogens with zero attached hydrogens (tertiary/aromatic N) is 2. The fourth-order valence-electron chi connectivity index (χ4n) is 1.24. The third kappa shape index (κ3) is 3.30. The van der Waals surface area contributed by atoms with E-state index < -0.39 is 0 Å². The third-order valence-electron chi connectivity index (χ3n) is 2.06. The van der Waals surface area contributed by atoms with Crippen LogP contribution in [-0.4, -0.2) is 28.8 Å². The minimum absolute atomic E-state index is 0.00814. The molecule has 78 valence electrons. The van der Waals surface area contributed by atoms with Gasteiger partial charge in [-0.05, 0) is 13.0 Å². The van der Waals surface area contributed by atoms with Gasteiger partial charge in [0.2, 0.25) is 0 Å². The highest BCUT2D eigenvalue weighted by Crippen LogP contribution is 2.02. The van der Waals surface area contributed by atoms with Crippen LogP contribution in [0.25, 0.3) is 0 Å². The minimum atomic E-state index is -0.00814. The molecule has 0 N–H and O–H groups in total. The first-order chi connectivity index (χ1) is 6.61. The Labute approximate surface area is 83.9 Å². The lowest BCUT2D eigenvalue weighted by Gasteiger charge is -2.06. The van der Waals surface area contributed by atoms with E-state index in [4.69, 9.17) is 4.74 Å². The smallest absolute Gasteiger partial charge is 0.141 e. The largest absolute Gasteiger partial charge is 0.381 e. The van der Waals surface area contributed by atoms with Gasteiger partial charge in [0, 0.05) is 26.8 Å². The molecule has 0 aliphatic carbocycles. The standard InChI is InChI=1S/C10H16N2O2/c1-8(14-3)6-10(13)7-9-4-5-12(2)11-9/h4-5,8H,6-7H2,1-3H3. The van der Waals surface area contributed by atoms with Crippen molar-refractivity contribution in [3.63, 3.8) is 0 Å². The summed E-state index contributed by atoms with van der Waals surface area (Å²) in [4.78, 5) is 11.5. The SMILES string of the molecule is COC(C)CC(=O)Cc1ccn(C)n1. The molecule has 1 aromatic heterocycles. The maximum atomic E-state index is 11.5. The number of rotatable bonds is 5. The number of ether oxygens (including phenoxy) is 1. The van der Waals surface area contributed by atoms with E-state index in [0.717, 1.165) is 5.69 Å². The summed E-state index contributed by atoms with van der Waals surface area (Å²) in [6, 6.07) is 1.86. The van der Waals surface area contributed by atoms with E-state index >= 15 is 0 Å². The zero-order chi connectivity index (χ0) is 10.6. The second-order valence-corrected chi connectivity index (χ2v) is 3.45. The van der Waals surface area contributed by atoms with Gasteiger partial charge in [-0.1, -0.05) is 0 Å². The van der Waals surface area contributed by atoms with Crippen LogP contribution in [0.3, 0.4) is 0 Å². The maximum Gasteiger partial charge on any atom is 0.141 e. The van der Waals surface area contributed by atoms with Crippen molar-refractivity contribution in [3.8, 4) is 0 Å². The van der Waals surface area contributed by atoms with Crippen LogP contribution >= 0.6 is 0 Å². The van der Waals surface area contributed by atoms with Gasteiger partial charge in [-0.25, -0.2) is 0 Å². The first-order valence-corrected chi connectivity index (χ1v) is 4.65. The molecule has 14 heavy (non-hydrogen) atoms. The molecule has 0 amide bonds. The number of carbonyl (C=O) groups excluding carboxylic acids is 1. The minimum Gasteiger partial charge on any atom is -0.381 e. The Kier molecular flexibility index (Phi) is 3.83. The van der Waals surface area contributed by atoms with Crippen molar-refractivity contribution in [2.45, 2.75) is 25.9 Å². The lowest BCUT2D eigenvalue weighted by atomic mass is 10.1. The normalized spacial score (nSPS) is 12.8. The molecular weight excluding hydrogens is 180 g/mol. The molecule has 1 rings (SSSR count). The molecule has 0 fully saturated rings. The molecule has 0 aliphatic rings. The van der Waals surface area contributed by atoms with Crippen LogP contribution in [0, 0.1) is 0 Å². The molecule has 0 bridgehead atoms.